The molecule has 0 fully saturated rings. The normalized spacial score (nSPS) is 13.0. The zero-order valence-corrected chi connectivity index (χ0v) is 6.86. The summed E-state index contributed by atoms with van der Waals surface area (Å²) in [4.78, 5) is 10.1. The highest BCUT2D eigenvalue weighted by Gasteiger charge is 2.06. The Kier molecular flexibility index (Phi) is 5.43. The monoisotopic (exact) mass is 163 g/mol. The fourth-order valence-corrected chi connectivity index (χ4v) is 1.13. The summed E-state index contributed by atoms with van der Waals surface area (Å²) in [6.45, 7) is 0. The molecule has 0 saturated carbocycles. The van der Waals surface area contributed by atoms with Crippen molar-refractivity contribution < 1.29 is 9.90 Å². The van der Waals surface area contributed by atoms with Crippen LogP contribution in [0, 0.1) is 0 Å². The van der Waals surface area contributed by atoms with E-state index in [4.69, 9.17) is 10.8 Å². The quantitative estimate of drug-likeness (QED) is 0.621. The number of hydrogen-bond donors (Lipinski definition) is 2. The fourth-order valence-electron chi connectivity index (χ4n) is 0.596. The highest BCUT2D eigenvalue weighted by atomic mass is 32.2. The number of carboxylic acids is 1. The van der Waals surface area contributed by atoms with Crippen LogP contribution in [0.4, 0.5) is 0 Å². The van der Waals surface area contributed by atoms with Gasteiger partial charge in [0.2, 0.25) is 0 Å². The molecule has 0 rings (SSSR count). The molecular weight excluding hydrogens is 150 g/mol. The molecule has 0 radical (unpaired) electrons. The molecule has 3 nitrogen and oxygen atoms in total. The molecule has 0 amide bonds. The van der Waals surface area contributed by atoms with Gasteiger partial charge in [0.15, 0.2) is 0 Å². The molecule has 0 spiro atoms. The van der Waals surface area contributed by atoms with Crippen molar-refractivity contribution in [3.63, 3.8) is 0 Å². The summed E-state index contributed by atoms with van der Waals surface area (Å²) in [5.41, 5.74) is 5.47. The third kappa shape index (κ3) is 5.91. The van der Waals surface area contributed by atoms with Gasteiger partial charge < -0.3 is 10.8 Å². The minimum absolute atomic E-state index is 0.0839. The van der Waals surface area contributed by atoms with E-state index in [-0.39, 0.29) is 12.5 Å². The van der Waals surface area contributed by atoms with Crippen LogP contribution in [-0.2, 0) is 4.79 Å². The molecule has 0 aliphatic carbocycles. The zero-order valence-electron chi connectivity index (χ0n) is 6.04. The standard InChI is InChI=1S/C6H13NO2S/c1-10-3-2-5(7)4-6(8)9/h5H,2-4,7H2,1H3,(H,8,9)/t5-/m1/s1. The third-order valence-corrected chi connectivity index (χ3v) is 1.77. The minimum atomic E-state index is -0.811. The highest BCUT2D eigenvalue weighted by Crippen LogP contribution is 2.01. The van der Waals surface area contributed by atoms with Gasteiger partial charge in [-0.25, -0.2) is 0 Å². The molecule has 0 aromatic carbocycles. The first-order valence-corrected chi connectivity index (χ1v) is 4.52. The molecule has 0 heterocycles. The van der Waals surface area contributed by atoms with Gasteiger partial charge in [0, 0.05) is 6.04 Å². The van der Waals surface area contributed by atoms with Crippen molar-refractivity contribution in [2.24, 2.45) is 5.73 Å². The molecule has 0 aliphatic heterocycles. The summed E-state index contributed by atoms with van der Waals surface area (Å²) in [6, 6.07) is -0.176. The van der Waals surface area contributed by atoms with E-state index >= 15 is 0 Å². The first-order valence-electron chi connectivity index (χ1n) is 3.13. The molecule has 0 bridgehead atoms. The summed E-state index contributed by atoms with van der Waals surface area (Å²) in [6.07, 6.45) is 2.85. The molecule has 60 valence electrons. The number of thioether (sulfide) groups is 1. The van der Waals surface area contributed by atoms with Crippen molar-refractivity contribution in [3.8, 4) is 0 Å². The van der Waals surface area contributed by atoms with E-state index in [1.807, 2.05) is 6.26 Å². The van der Waals surface area contributed by atoms with Crippen molar-refractivity contribution in [2.75, 3.05) is 12.0 Å². The van der Waals surface area contributed by atoms with Gasteiger partial charge in [0.05, 0.1) is 6.42 Å². The highest BCUT2D eigenvalue weighted by molar-refractivity contribution is 7.98. The lowest BCUT2D eigenvalue weighted by Crippen LogP contribution is -2.24. The Labute approximate surface area is 65.0 Å². The maximum Gasteiger partial charge on any atom is 0.304 e. The number of carboxylic acid groups (broad SMARTS) is 1. The topological polar surface area (TPSA) is 63.3 Å². The van der Waals surface area contributed by atoms with Crippen molar-refractivity contribution in [1.29, 1.82) is 0 Å². The third-order valence-electron chi connectivity index (χ3n) is 1.13. The van der Waals surface area contributed by atoms with E-state index in [0.717, 1.165) is 12.2 Å². The van der Waals surface area contributed by atoms with Gasteiger partial charge in [-0.3, -0.25) is 4.79 Å². The predicted molar refractivity (Wildman–Crippen MR) is 43.2 cm³/mol. The van der Waals surface area contributed by atoms with Gasteiger partial charge in [-0.15, -0.1) is 0 Å². The Morgan fingerprint density at radius 2 is 2.40 bits per heavy atom. The van der Waals surface area contributed by atoms with Crippen molar-refractivity contribution in [1.82, 2.24) is 0 Å². The van der Waals surface area contributed by atoms with Gasteiger partial charge in [0.25, 0.3) is 0 Å². The SMILES string of the molecule is CSCC[C@@H](N)CC(=O)O. The van der Waals surface area contributed by atoms with Crippen LogP contribution in [0.5, 0.6) is 0 Å². The molecule has 0 saturated heterocycles. The maximum absolute atomic E-state index is 10.1. The molecule has 10 heavy (non-hydrogen) atoms. The number of nitrogens with two attached hydrogens (primary N) is 1. The van der Waals surface area contributed by atoms with Crippen LogP contribution in [0.15, 0.2) is 0 Å². The van der Waals surface area contributed by atoms with Gasteiger partial charge in [-0.05, 0) is 18.4 Å². The number of hydrogen-bond acceptors (Lipinski definition) is 3. The molecule has 0 unspecified atom stereocenters. The summed E-state index contributed by atoms with van der Waals surface area (Å²) >= 11 is 1.68. The Balaban J connectivity index is 3.25. The lowest BCUT2D eigenvalue weighted by Gasteiger charge is -2.05. The lowest BCUT2D eigenvalue weighted by molar-refractivity contribution is -0.137. The van der Waals surface area contributed by atoms with Gasteiger partial charge in [-0.1, -0.05) is 0 Å². The van der Waals surface area contributed by atoms with E-state index < -0.39 is 5.97 Å². The van der Waals surface area contributed by atoms with Crippen LogP contribution >= 0.6 is 11.8 Å². The molecule has 1 atom stereocenters. The minimum Gasteiger partial charge on any atom is -0.481 e. The van der Waals surface area contributed by atoms with Gasteiger partial charge in [0.1, 0.15) is 0 Å². The summed E-state index contributed by atoms with van der Waals surface area (Å²) in [5.74, 6) is 0.127. The van der Waals surface area contributed by atoms with Crippen molar-refractivity contribution >= 4 is 17.7 Å². The first-order chi connectivity index (χ1) is 4.66. The molecule has 4 heteroatoms. The second-order valence-corrected chi connectivity index (χ2v) is 3.13. The number of rotatable bonds is 5. The second kappa shape index (κ2) is 5.56. The Bertz CT molecular complexity index is 108. The van der Waals surface area contributed by atoms with E-state index in [2.05, 4.69) is 0 Å². The van der Waals surface area contributed by atoms with Crippen molar-refractivity contribution in [3.05, 3.63) is 0 Å². The second-order valence-electron chi connectivity index (χ2n) is 2.14. The molecule has 3 N–H and O–H groups in total. The average Bonchev–Trinajstić information content (AvgIpc) is 1.82. The largest absolute Gasteiger partial charge is 0.481 e. The van der Waals surface area contributed by atoms with Crippen LogP contribution in [0.1, 0.15) is 12.8 Å². The maximum atomic E-state index is 10.1. The Morgan fingerprint density at radius 1 is 1.80 bits per heavy atom. The predicted octanol–water partition coefficient (Wildman–Crippen LogP) is 0.542. The Hall–Kier alpha value is -0.220. The molecule has 0 aliphatic rings. The van der Waals surface area contributed by atoms with Crippen LogP contribution in [0.3, 0.4) is 0 Å². The molecule has 0 aromatic rings. The summed E-state index contributed by atoms with van der Waals surface area (Å²) in [5, 5.41) is 8.30. The van der Waals surface area contributed by atoms with Crippen LogP contribution in [-0.4, -0.2) is 29.1 Å². The molecule has 0 aromatic heterocycles. The fraction of sp³-hybridized carbons (Fsp3) is 0.833. The number of carbonyl (C=O) groups is 1. The van der Waals surface area contributed by atoms with E-state index in [1.165, 1.54) is 0 Å². The van der Waals surface area contributed by atoms with Crippen molar-refractivity contribution in [2.45, 2.75) is 18.9 Å². The smallest absolute Gasteiger partial charge is 0.304 e. The van der Waals surface area contributed by atoms with Gasteiger partial charge in [-0.2, -0.15) is 11.8 Å². The van der Waals surface area contributed by atoms with Crippen LogP contribution in [0.25, 0.3) is 0 Å². The van der Waals surface area contributed by atoms with E-state index in [9.17, 15) is 4.79 Å². The Morgan fingerprint density at radius 3 is 2.80 bits per heavy atom. The van der Waals surface area contributed by atoms with E-state index in [1.54, 1.807) is 11.8 Å². The molecular formula is C6H13NO2S. The van der Waals surface area contributed by atoms with E-state index in [0.29, 0.717) is 0 Å². The average molecular weight is 163 g/mol. The van der Waals surface area contributed by atoms with Gasteiger partial charge >= 0.3 is 5.97 Å². The summed E-state index contributed by atoms with van der Waals surface area (Å²) in [7, 11) is 0. The zero-order chi connectivity index (χ0) is 7.98. The number of aliphatic carboxylic acids is 1. The summed E-state index contributed by atoms with van der Waals surface area (Å²) < 4.78 is 0. The van der Waals surface area contributed by atoms with Crippen LogP contribution in [0.2, 0.25) is 0 Å². The lowest BCUT2D eigenvalue weighted by atomic mass is 10.2. The van der Waals surface area contributed by atoms with Crippen LogP contribution < -0.4 is 5.73 Å². The first kappa shape index (κ1) is 9.78.